The minimum Gasteiger partial charge on any atom is -0.379 e. The van der Waals surface area contributed by atoms with Crippen molar-refractivity contribution in [3.05, 3.63) is 29.3 Å². The molecule has 1 atom stereocenters. The third-order valence-corrected chi connectivity index (χ3v) is 2.85. The van der Waals surface area contributed by atoms with Crippen LogP contribution in [-0.2, 0) is 0 Å². The third-order valence-electron chi connectivity index (χ3n) is 2.60. The summed E-state index contributed by atoms with van der Waals surface area (Å²) in [5.41, 5.74) is 6.86. The molecule has 16 heavy (non-hydrogen) atoms. The highest BCUT2D eigenvalue weighted by Gasteiger charge is 2.23. The summed E-state index contributed by atoms with van der Waals surface area (Å²) in [6, 6.07) is 7.74. The summed E-state index contributed by atoms with van der Waals surface area (Å²) < 4.78 is 0. The summed E-state index contributed by atoms with van der Waals surface area (Å²) in [6.45, 7) is 7.18. The van der Waals surface area contributed by atoms with Gasteiger partial charge in [0, 0.05) is 22.8 Å². The van der Waals surface area contributed by atoms with E-state index in [0.717, 1.165) is 17.1 Å². The molecule has 3 heteroatoms. The van der Waals surface area contributed by atoms with E-state index in [9.17, 15) is 0 Å². The van der Waals surface area contributed by atoms with E-state index in [1.165, 1.54) is 0 Å². The van der Waals surface area contributed by atoms with E-state index in [1.54, 1.807) is 0 Å². The fourth-order valence-electron chi connectivity index (χ4n) is 1.97. The zero-order chi connectivity index (χ0) is 12.2. The number of nitrogens with one attached hydrogen (secondary N) is 1. The second-order valence-corrected chi connectivity index (χ2v) is 5.43. The van der Waals surface area contributed by atoms with E-state index in [4.69, 9.17) is 17.3 Å². The molecule has 0 bridgehead atoms. The quantitative estimate of drug-likeness (QED) is 0.827. The zero-order valence-corrected chi connectivity index (χ0v) is 11.0. The molecule has 1 aromatic rings. The average molecular weight is 241 g/mol. The lowest BCUT2D eigenvalue weighted by Crippen LogP contribution is -2.43. The fourth-order valence-corrected chi connectivity index (χ4v) is 2.09. The predicted molar refractivity (Wildman–Crippen MR) is 72.0 cm³/mol. The molecule has 0 saturated heterocycles. The Kier molecular flexibility index (Phi) is 4.63. The van der Waals surface area contributed by atoms with Gasteiger partial charge in [-0.1, -0.05) is 25.4 Å². The number of halogens is 1. The van der Waals surface area contributed by atoms with Crippen molar-refractivity contribution in [2.45, 2.75) is 32.7 Å². The second-order valence-electron chi connectivity index (χ2n) is 4.99. The standard InChI is InChI=1S/C13H21ClN2/c1-10(2)8-13(3,9-15)16-12-6-4-11(14)5-7-12/h4-7,10,16H,8-9,15H2,1-3H3. The maximum absolute atomic E-state index is 5.85. The van der Waals surface area contributed by atoms with Crippen molar-refractivity contribution in [1.82, 2.24) is 0 Å². The summed E-state index contributed by atoms with van der Waals surface area (Å²) in [7, 11) is 0. The Morgan fingerprint density at radius 1 is 1.31 bits per heavy atom. The molecule has 90 valence electrons. The molecule has 3 N–H and O–H groups in total. The van der Waals surface area contributed by atoms with E-state index in [-0.39, 0.29) is 5.54 Å². The zero-order valence-electron chi connectivity index (χ0n) is 10.3. The maximum atomic E-state index is 5.85. The van der Waals surface area contributed by atoms with Crippen LogP contribution in [0.25, 0.3) is 0 Å². The van der Waals surface area contributed by atoms with Crippen LogP contribution in [0.4, 0.5) is 5.69 Å². The van der Waals surface area contributed by atoms with Gasteiger partial charge >= 0.3 is 0 Å². The third kappa shape index (κ3) is 4.03. The normalized spacial score (nSPS) is 14.9. The number of anilines is 1. The van der Waals surface area contributed by atoms with E-state index < -0.39 is 0 Å². The first kappa shape index (κ1) is 13.3. The van der Waals surface area contributed by atoms with Gasteiger partial charge in [0.15, 0.2) is 0 Å². The van der Waals surface area contributed by atoms with Gasteiger partial charge < -0.3 is 11.1 Å². The van der Waals surface area contributed by atoms with Crippen molar-refractivity contribution in [2.24, 2.45) is 11.7 Å². The number of hydrogen-bond acceptors (Lipinski definition) is 2. The predicted octanol–water partition coefficient (Wildman–Crippen LogP) is 3.52. The van der Waals surface area contributed by atoms with Gasteiger partial charge in [-0.25, -0.2) is 0 Å². The number of hydrogen-bond donors (Lipinski definition) is 2. The van der Waals surface area contributed by atoms with E-state index >= 15 is 0 Å². The van der Waals surface area contributed by atoms with E-state index in [1.807, 2.05) is 24.3 Å². The summed E-state index contributed by atoms with van der Waals surface area (Å²) in [6.07, 6.45) is 1.05. The highest BCUT2D eigenvalue weighted by Crippen LogP contribution is 2.22. The molecule has 2 nitrogen and oxygen atoms in total. The second kappa shape index (κ2) is 5.55. The molecule has 0 radical (unpaired) electrons. The number of benzene rings is 1. The minimum atomic E-state index is -0.0536. The summed E-state index contributed by atoms with van der Waals surface area (Å²) in [5.74, 6) is 0.619. The van der Waals surface area contributed by atoms with Crippen molar-refractivity contribution in [1.29, 1.82) is 0 Å². The van der Waals surface area contributed by atoms with Crippen LogP contribution < -0.4 is 11.1 Å². The van der Waals surface area contributed by atoms with Crippen molar-refractivity contribution in [3.63, 3.8) is 0 Å². The summed E-state index contributed by atoms with van der Waals surface area (Å²) in [4.78, 5) is 0. The van der Waals surface area contributed by atoms with Crippen LogP contribution in [0.3, 0.4) is 0 Å². The molecule has 0 aromatic heterocycles. The first-order chi connectivity index (χ1) is 7.45. The molecular weight excluding hydrogens is 220 g/mol. The number of rotatable bonds is 5. The highest BCUT2D eigenvalue weighted by molar-refractivity contribution is 6.30. The molecule has 1 unspecified atom stereocenters. The van der Waals surface area contributed by atoms with Crippen LogP contribution in [-0.4, -0.2) is 12.1 Å². The Labute approximate surface area is 103 Å². The van der Waals surface area contributed by atoms with E-state index in [0.29, 0.717) is 12.5 Å². The average Bonchev–Trinajstić information content (AvgIpc) is 2.20. The van der Waals surface area contributed by atoms with Crippen molar-refractivity contribution in [3.8, 4) is 0 Å². The largest absolute Gasteiger partial charge is 0.379 e. The first-order valence-corrected chi connectivity index (χ1v) is 6.07. The Bertz CT molecular complexity index is 321. The smallest absolute Gasteiger partial charge is 0.0470 e. The highest BCUT2D eigenvalue weighted by atomic mass is 35.5. The lowest BCUT2D eigenvalue weighted by atomic mass is 9.90. The van der Waals surface area contributed by atoms with Crippen LogP contribution in [0.5, 0.6) is 0 Å². The van der Waals surface area contributed by atoms with Crippen LogP contribution in [0.2, 0.25) is 5.02 Å². The van der Waals surface area contributed by atoms with Crippen molar-refractivity contribution >= 4 is 17.3 Å². The molecule has 0 aliphatic rings. The van der Waals surface area contributed by atoms with Crippen LogP contribution >= 0.6 is 11.6 Å². The summed E-state index contributed by atoms with van der Waals surface area (Å²) >= 11 is 5.85. The Balaban J connectivity index is 2.72. The van der Waals surface area contributed by atoms with Gasteiger partial charge in [0.1, 0.15) is 0 Å². The first-order valence-electron chi connectivity index (χ1n) is 5.69. The molecule has 0 amide bonds. The van der Waals surface area contributed by atoms with Gasteiger partial charge in [-0.3, -0.25) is 0 Å². The van der Waals surface area contributed by atoms with Crippen molar-refractivity contribution < 1.29 is 0 Å². The molecule has 0 aliphatic carbocycles. The molecule has 0 spiro atoms. The van der Waals surface area contributed by atoms with E-state index in [2.05, 4.69) is 26.1 Å². The van der Waals surface area contributed by atoms with Crippen LogP contribution in [0.1, 0.15) is 27.2 Å². The summed E-state index contributed by atoms with van der Waals surface area (Å²) in [5, 5.41) is 4.23. The molecule has 0 heterocycles. The van der Waals surface area contributed by atoms with Gasteiger partial charge in [0.2, 0.25) is 0 Å². The molecule has 0 saturated carbocycles. The van der Waals surface area contributed by atoms with Crippen LogP contribution in [0, 0.1) is 5.92 Å². The van der Waals surface area contributed by atoms with Gasteiger partial charge in [0.25, 0.3) is 0 Å². The SMILES string of the molecule is CC(C)CC(C)(CN)Nc1ccc(Cl)cc1. The lowest BCUT2D eigenvalue weighted by Gasteiger charge is -2.32. The van der Waals surface area contributed by atoms with Gasteiger partial charge in [-0.15, -0.1) is 0 Å². The van der Waals surface area contributed by atoms with Gasteiger partial charge in [-0.2, -0.15) is 0 Å². The van der Waals surface area contributed by atoms with Crippen LogP contribution in [0.15, 0.2) is 24.3 Å². The Morgan fingerprint density at radius 2 is 1.88 bits per heavy atom. The fraction of sp³-hybridized carbons (Fsp3) is 0.538. The molecule has 1 aromatic carbocycles. The lowest BCUT2D eigenvalue weighted by molar-refractivity contribution is 0.407. The monoisotopic (exact) mass is 240 g/mol. The molecule has 0 aliphatic heterocycles. The number of nitrogens with two attached hydrogens (primary N) is 1. The Morgan fingerprint density at radius 3 is 2.31 bits per heavy atom. The maximum Gasteiger partial charge on any atom is 0.0470 e. The molecular formula is C13H21ClN2. The molecule has 1 rings (SSSR count). The van der Waals surface area contributed by atoms with Gasteiger partial charge in [0.05, 0.1) is 0 Å². The minimum absolute atomic E-state index is 0.0536. The van der Waals surface area contributed by atoms with Crippen molar-refractivity contribution in [2.75, 3.05) is 11.9 Å². The topological polar surface area (TPSA) is 38.0 Å². The Hall–Kier alpha value is -0.730. The van der Waals surface area contributed by atoms with Gasteiger partial charge in [-0.05, 0) is 43.5 Å². The molecule has 0 fully saturated rings.